The van der Waals surface area contributed by atoms with Crippen molar-refractivity contribution in [2.75, 3.05) is 14.2 Å². The zero-order valence-corrected chi connectivity index (χ0v) is 18.9. The highest BCUT2D eigenvalue weighted by molar-refractivity contribution is 7.08. The number of ether oxygens (including phenoxy) is 1. The minimum Gasteiger partial charge on any atom is -0.467 e. The van der Waals surface area contributed by atoms with E-state index in [9.17, 15) is 9.59 Å². The fourth-order valence-corrected chi connectivity index (χ4v) is 4.37. The third-order valence-corrected chi connectivity index (χ3v) is 6.18. The van der Waals surface area contributed by atoms with Gasteiger partial charge in [-0.25, -0.2) is 4.79 Å². The van der Waals surface area contributed by atoms with Crippen molar-refractivity contribution in [2.45, 2.75) is 32.7 Å². The highest BCUT2D eigenvalue weighted by Crippen LogP contribution is 2.27. The van der Waals surface area contributed by atoms with Gasteiger partial charge in [0.15, 0.2) is 0 Å². The van der Waals surface area contributed by atoms with E-state index in [4.69, 9.17) is 4.74 Å². The summed E-state index contributed by atoms with van der Waals surface area (Å²) >= 11 is 1.66. The number of hydrogen-bond donors (Lipinski definition) is 0. The molecule has 0 aliphatic heterocycles. The number of esters is 1. The highest BCUT2D eigenvalue weighted by Gasteiger charge is 2.41. The molecule has 1 heterocycles. The summed E-state index contributed by atoms with van der Waals surface area (Å²) in [6.45, 7) is 5.67. The molecule has 0 aliphatic carbocycles. The van der Waals surface area contributed by atoms with Gasteiger partial charge in [-0.3, -0.25) is 4.79 Å². The Morgan fingerprint density at radius 1 is 1.00 bits per heavy atom. The Bertz CT molecular complexity index is 1020. The fourth-order valence-electron chi connectivity index (χ4n) is 3.70. The molecule has 2 aromatic carbocycles. The molecular formula is C25H27NO3S. The summed E-state index contributed by atoms with van der Waals surface area (Å²) < 4.78 is 5.09. The van der Waals surface area contributed by atoms with E-state index >= 15 is 0 Å². The molecule has 0 radical (unpaired) electrons. The van der Waals surface area contributed by atoms with Gasteiger partial charge in [-0.1, -0.05) is 41.5 Å². The number of benzene rings is 2. The molecule has 0 bridgehead atoms. The minimum absolute atomic E-state index is 0.204. The van der Waals surface area contributed by atoms with Gasteiger partial charge in [0, 0.05) is 19.0 Å². The second kappa shape index (κ2) is 8.84. The first-order valence-corrected chi connectivity index (χ1v) is 10.8. The third-order valence-electron chi connectivity index (χ3n) is 5.50. The van der Waals surface area contributed by atoms with Crippen LogP contribution in [0.5, 0.6) is 0 Å². The first-order chi connectivity index (χ1) is 14.2. The maximum absolute atomic E-state index is 13.2. The standard InChI is InChI=1S/C25H27NO3S/c1-17-12-18(2)14-22(13-17)23(27)26(4)25(3,24(28)29-5)15-19-6-8-20(9-7-19)21-10-11-30-16-21/h6-14,16H,15H2,1-5H3/t25-/m0/s1. The maximum atomic E-state index is 13.2. The summed E-state index contributed by atoms with van der Waals surface area (Å²) in [4.78, 5) is 27.5. The van der Waals surface area contributed by atoms with Gasteiger partial charge in [-0.15, -0.1) is 0 Å². The molecule has 30 heavy (non-hydrogen) atoms. The van der Waals surface area contributed by atoms with Gasteiger partial charge in [0.1, 0.15) is 5.54 Å². The monoisotopic (exact) mass is 421 g/mol. The molecule has 0 spiro atoms. The molecule has 3 rings (SSSR count). The molecule has 1 atom stereocenters. The van der Waals surface area contributed by atoms with Crippen LogP contribution in [0.25, 0.3) is 11.1 Å². The average molecular weight is 422 g/mol. The Hall–Kier alpha value is -2.92. The number of likely N-dealkylation sites (N-methyl/N-ethyl adjacent to an activating group) is 1. The van der Waals surface area contributed by atoms with E-state index in [1.807, 2.05) is 61.7 Å². The van der Waals surface area contributed by atoms with Crippen molar-refractivity contribution in [3.8, 4) is 11.1 Å². The fraction of sp³-hybridized carbons (Fsp3) is 0.280. The molecule has 156 valence electrons. The van der Waals surface area contributed by atoms with Crippen LogP contribution in [0.15, 0.2) is 59.3 Å². The SMILES string of the molecule is COC(=O)[C@](C)(Cc1ccc(-c2ccsc2)cc1)N(C)C(=O)c1cc(C)cc(C)c1. The molecule has 0 fully saturated rings. The van der Waals surface area contributed by atoms with Crippen LogP contribution < -0.4 is 0 Å². The van der Waals surface area contributed by atoms with Crippen LogP contribution in [0, 0.1) is 13.8 Å². The van der Waals surface area contributed by atoms with Gasteiger partial charge in [0.05, 0.1) is 7.11 Å². The number of amides is 1. The van der Waals surface area contributed by atoms with Crippen LogP contribution in [0.3, 0.4) is 0 Å². The molecule has 0 unspecified atom stereocenters. The van der Waals surface area contributed by atoms with Crippen LogP contribution in [0.2, 0.25) is 0 Å². The number of rotatable bonds is 6. The summed E-state index contributed by atoms with van der Waals surface area (Å²) in [6, 6.07) is 15.9. The van der Waals surface area contributed by atoms with Crippen LogP contribution in [-0.2, 0) is 16.0 Å². The molecule has 0 aliphatic rings. The van der Waals surface area contributed by atoms with Gasteiger partial charge in [0.2, 0.25) is 0 Å². The van der Waals surface area contributed by atoms with Gasteiger partial charge in [-0.2, -0.15) is 11.3 Å². The summed E-state index contributed by atoms with van der Waals surface area (Å²) in [5.74, 6) is -0.644. The molecule has 0 N–H and O–H groups in total. The first-order valence-electron chi connectivity index (χ1n) is 9.81. The predicted octanol–water partition coefficient (Wildman–Crippen LogP) is 5.28. The lowest BCUT2D eigenvalue weighted by Gasteiger charge is -2.36. The number of carbonyl (C=O) groups excluding carboxylic acids is 2. The van der Waals surface area contributed by atoms with E-state index in [-0.39, 0.29) is 5.91 Å². The predicted molar refractivity (Wildman–Crippen MR) is 122 cm³/mol. The van der Waals surface area contributed by atoms with Crippen LogP contribution in [0.1, 0.15) is 34.0 Å². The van der Waals surface area contributed by atoms with E-state index in [0.717, 1.165) is 22.3 Å². The molecule has 0 saturated carbocycles. The summed E-state index contributed by atoms with van der Waals surface area (Å²) in [7, 11) is 3.02. The van der Waals surface area contributed by atoms with E-state index in [1.54, 1.807) is 25.3 Å². The van der Waals surface area contributed by atoms with Crippen molar-refractivity contribution in [3.05, 3.63) is 81.5 Å². The average Bonchev–Trinajstić information content (AvgIpc) is 3.26. The van der Waals surface area contributed by atoms with Gasteiger partial charge in [-0.05, 0) is 66.4 Å². The number of thiophene rings is 1. The Morgan fingerprint density at radius 2 is 1.63 bits per heavy atom. The number of nitrogens with zero attached hydrogens (tertiary/aromatic N) is 1. The Kier molecular flexibility index (Phi) is 6.42. The van der Waals surface area contributed by atoms with E-state index in [1.165, 1.54) is 17.6 Å². The van der Waals surface area contributed by atoms with Crippen molar-refractivity contribution in [1.82, 2.24) is 4.90 Å². The minimum atomic E-state index is -1.13. The number of carbonyl (C=O) groups is 2. The van der Waals surface area contributed by atoms with Crippen LogP contribution >= 0.6 is 11.3 Å². The van der Waals surface area contributed by atoms with Crippen LogP contribution in [-0.4, -0.2) is 36.5 Å². The lowest BCUT2D eigenvalue weighted by Crippen LogP contribution is -2.55. The second-order valence-corrected chi connectivity index (χ2v) is 8.67. The molecular weight excluding hydrogens is 394 g/mol. The molecule has 5 heteroatoms. The molecule has 0 saturated heterocycles. The van der Waals surface area contributed by atoms with Crippen LogP contribution in [0.4, 0.5) is 0 Å². The molecule has 1 aromatic heterocycles. The van der Waals surface area contributed by atoms with Crippen molar-refractivity contribution in [1.29, 1.82) is 0 Å². The summed E-state index contributed by atoms with van der Waals surface area (Å²) in [5, 5.41) is 4.15. The zero-order chi connectivity index (χ0) is 21.9. The Labute approximate surface area is 182 Å². The highest BCUT2D eigenvalue weighted by atomic mass is 32.1. The van der Waals surface area contributed by atoms with Gasteiger partial charge < -0.3 is 9.64 Å². The smallest absolute Gasteiger partial charge is 0.331 e. The maximum Gasteiger partial charge on any atom is 0.331 e. The number of aryl methyl sites for hydroxylation is 2. The summed E-state index contributed by atoms with van der Waals surface area (Å²) in [6.07, 6.45) is 0.358. The summed E-state index contributed by atoms with van der Waals surface area (Å²) in [5.41, 5.74) is 4.71. The Morgan fingerprint density at radius 3 is 2.17 bits per heavy atom. The van der Waals surface area contributed by atoms with Gasteiger partial charge >= 0.3 is 5.97 Å². The van der Waals surface area contributed by atoms with Crippen molar-refractivity contribution < 1.29 is 14.3 Å². The lowest BCUT2D eigenvalue weighted by molar-refractivity contribution is -0.152. The number of hydrogen-bond acceptors (Lipinski definition) is 4. The molecule has 1 amide bonds. The van der Waals surface area contributed by atoms with Crippen molar-refractivity contribution >= 4 is 23.2 Å². The number of methoxy groups -OCH3 is 1. The van der Waals surface area contributed by atoms with E-state index in [0.29, 0.717) is 12.0 Å². The lowest BCUT2D eigenvalue weighted by atomic mass is 9.89. The van der Waals surface area contributed by atoms with E-state index in [2.05, 4.69) is 11.4 Å². The first kappa shape index (κ1) is 21.8. The third kappa shape index (κ3) is 4.46. The quantitative estimate of drug-likeness (QED) is 0.509. The second-order valence-electron chi connectivity index (χ2n) is 7.89. The van der Waals surface area contributed by atoms with E-state index < -0.39 is 11.5 Å². The van der Waals surface area contributed by atoms with Crippen molar-refractivity contribution in [3.63, 3.8) is 0 Å². The van der Waals surface area contributed by atoms with Crippen molar-refractivity contribution in [2.24, 2.45) is 0 Å². The zero-order valence-electron chi connectivity index (χ0n) is 18.1. The molecule has 4 nitrogen and oxygen atoms in total. The molecule has 3 aromatic rings. The largest absolute Gasteiger partial charge is 0.467 e. The Balaban J connectivity index is 1.89. The normalized spacial score (nSPS) is 12.8. The topological polar surface area (TPSA) is 46.6 Å². The van der Waals surface area contributed by atoms with Gasteiger partial charge in [0.25, 0.3) is 5.91 Å².